The zero-order valence-electron chi connectivity index (χ0n) is 11.0. The second-order valence-corrected chi connectivity index (χ2v) is 5.48. The first-order valence-electron chi connectivity index (χ1n) is 6.66. The highest BCUT2D eigenvalue weighted by Crippen LogP contribution is 2.46. The number of allylic oxidation sites excluding steroid dienone is 10. The Morgan fingerprint density at radius 2 is 2.06 bits per heavy atom. The Labute approximate surface area is 104 Å². The Balaban J connectivity index is 2.22. The lowest BCUT2D eigenvalue weighted by molar-refractivity contribution is 0.538. The third kappa shape index (κ3) is 1.50. The molecule has 2 unspecified atom stereocenters. The summed E-state index contributed by atoms with van der Waals surface area (Å²) in [6.45, 7) is 6.98. The van der Waals surface area contributed by atoms with Crippen molar-refractivity contribution in [3.05, 3.63) is 58.2 Å². The summed E-state index contributed by atoms with van der Waals surface area (Å²) in [5, 5.41) is 0. The molecule has 88 valence electrons. The molecule has 0 N–H and O–H groups in total. The standard InChI is InChI=1S/C17H20/c1-11-7-6-10-16-12(2)14-8-4-5-9-15(14)13(3)17(11)16/h4,6-8,10-11,17H,5,9H2,1-3H3. The molecule has 0 aromatic carbocycles. The first kappa shape index (κ1) is 10.8. The molecular weight excluding hydrogens is 204 g/mol. The fourth-order valence-electron chi connectivity index (χ4n) is 3.59. The fraction of sp³-hybridized carbons (Fsp3) is 0.412. The van der Waals surface area contributed by atoms with Crippen LogP contribution in [0.2, 0.25) is 0 Å². The van der Waals surface area contributed by atoms with E-state index in [0.29, 0.717) is 11.8 Å². The molecule has 3 aliphatic rings. The molecule has 0 saturated carbocycles. The normalized spacial score (nSPS) is 31.4. The van der Waals surface area contributed by atoms with Crippen LogP contribution in [0.5, 0.6) is 0 Å². The molecule has 3 aliphatic carbocycles. The van der Waals surface area contributed by atoms with Gasteiger partial charge >= 0.3 is 0 Å². The third-order valence-corrected chi connectivity index (χ3v) is 4.50. The van der Waals surface area contributed by atoms with Crippen molar-refractivity contribution in [2.24, 2.45) is 11.8 Å². The van der Waals surface area contributed by atoms with Crippen molar-refractivity contribution in [2.75, 3.05) is 0 Å². The number of rotatable bonds is 0. The van der Waals surface area contributed by atoms with Gasteiger partial charge in [0.15, 0.2) is 0 Å². The summed E-state index contributed by atoms with van der Waals surface area (Å²) in [6, 6.07) is 0. The maximum Gasteiger partial charge on any atom is 0.0114 e. The van der Waals surface area contributed by atoms with Gasteiger partial charge in [0, 0.05) is 5.92 Å². The van der Waals surface area contributed by atoms with Crippen LogP contribution in [0, 0.1) is 11.8 Å². The topological polar surface area (TPSA) is 0 Å². The molecule has 0 fully saturated rings. The Hall–Kier alpha value is -1.30. The maximum atomic E-state index is 2.34. The van der Waals surface area contributed by atoms with Gasteiger partial charge in [-0.05, 0) is 54.9 Å². The first-order valence-corrected chi connectivity index (χ1v) is 6.66. The second-order valence-electron chi connectivity index (χ2n) is 5.48. The monoisotopic (exact) mass is 224 g/mol. The van der Waals surface area contributed by atoms with Crippen LogP contribution in [0.15, 0.2) is 58.2 Å². The van der Waals surface area contributed by atoms with Crippen LogP contribution in [0.1, 0.15) is 33.6 Å². The van der Waals surface area contributed by atoms with Gasteiger partial charge in [-0.2, -0.15) is 0 Å². The molecule has 0 aliphatic heterocycles. The van der Waals surface area contributed by atoms with Crippen LogP contribution in [0.25, 0.3) is 0 Å². The van der Waals surface area contributed by atoms with Gasteiger partial charge in [-0.15, -0.1) is 0 Å². The minimum Gasteiger partial charge on any atom is -0.0836 e. The number of fused-ring (bicyclic) bond motifs is 2. The van der Waals surface area contributed by atoms with Crippen molar-refractivity contribution in [2.45, 2.75) is 33.6 Å². The lowest BCUT2D eigenvalue weighted by atomic mass is 9.68. The van der Waals surface area contributed by atoms with Crippen molar-refractivity contribution in [3.8, 4) is 0 Å². The van der Waals surface area contributed by atoms with Crippen molar-refractivity contribution in [1.29, 1.82) is 0 Å². The van der Waals surface area contributed by atoms with E-state index in [1.54, 1.807) is 16.7 Å². The highest BCUT2D eigenvalue weighted by atomic mass is 14.4. The van der Waals surface area contributed by atoms with Gasteiger partial charge in [-0.1, -0.05) is 42.9 Å². The van der Waals surface area contributed by atoms with E-state index in [1.807, 2.05) is 0 Å². The van der Waals surface area contributed by atoms with E-state index in [1.165, 1.54) is 24.0 Å². The van der Waals surface area contributed by atoms with E-state index >= 15 is 0 Å². The molecule has 17 heavy (non-hydrogen) atoms. The van der Waals surface area contributed by atoms with Gasteiger partial charge in [0.05, 0.1) is 0 Å². The van der Waals surface area contributed by atoms with Crippen LogP contribution in [-0.2, 0) is 0 Å². The molecule has 0 amide bonds. The SMILES string of the molecule is CC1=C2C=CCCC2=C(C)C2C1=CC=CC2C. The quantitative estimate of drug-likeness (QED) is 0.558. The Bertz CT molecular complexity index is 506. The van der Waals surface area contributed by atoms with Gasteiger partial charge < -0.3 is 0 Å². The van der Waals surface area contributed by atoms with E-state index in [-0.39, 0.29) is 0 Å². The zero-order valence-corrected chi connectivity index (χ0v) is 11.0. The van der Waals surface area contributed by atoms with Crippen LogP contribution < -0.4 is 0 Å². The summed E-state index contributed by atoms with van der Waals surface area (Å²) in [5.41, 5.74) is 7.77. The summed E-state index contributed by atoms with van der Waals surface area (Å²) >= 11 is 0. The lowest BCUT2D eigenvalue weighted by Gasteiger charge is -2.37. The van der Waals surface area contributed by atoms with Crippen molar-refractivity contribution in [1.82, 2.24) is 0 Å². The van der Waals surface area contributed by atoms with Crippen molar-refractivity contribution >= 4 is 0 Å². The summed E-state index contributed by atoms with van der Waals surface area (Å²) in [5.74, 6) is 1.27. The third-order valence-electron chi connectivity index (χ3n) is 4.50. The molecule has 0 saturated heterocycles. The average Bonchev–Trinajstić information content (AvgIpc) is 2.36. The predicted molar refractivity (Wildman–Crippen MR) is 73.7 cm³/mol. The van der Waals surface area contributed by atoms with Gasteiger partial charge in [0.1, 0.15) is 0 Å². The van der Waals surface area contributed by atoms with E-state index in [9.17, 15) is 0 Å². The summed E-state index contributed by atoms with van der Waals surface area (Å²) in [4.78, 5) is 0. The van der Waals surface area contributed by atoms with Gasteiger partial charge in [-0.25, -0.2) is 0 Å². The summed E-state index contributed by atoms with van der Waals surface area (Å²) in [6.07, 6.45) is 14.0. The molecular formula is C17H20. The van der Waals surface area contributed by atoms with E-state index in [4.69, 9.17) is 0 Å². The van der Waals surface area contributed by atoms with Crippen LogP contribution in [0.3, 0.4) is 0 Å². The van der Waals surface area contributed by atoms with Crippen LogP contribution >= 0.6 is 0 Å². The first-order chi connectivity index (χ1) is 8.20. The van der Waals surface area contributed by atoms with Gasteiger partial charge in [-0.3, -0.25) is 0 Å². The fourth-order valence-corrected chi connectivity index (χ4v) is 3.59. The minimum absolute atomic E-state index is 0.630. The number of hydrogen-bond acceptors (Lipinski definition) is 0. The van der Waals surface area contributed by atoms with Crippen molar-refractivity contribution < 1.29 is 0 Å². The highest BCUT2D eigenvalue weighted by molar-refractivity contribution is 5.60. The van der Waals surface area contributed by atoms with E-state index < -0.39 is 0 Å². The Morgan fingerprint density at radius 3 is 2.88 bits per heavy atom. The molecule has 3 rings (SSSR count). The molecule has 0 spiro atoms. The Kier molecular flexibility index (Phi) is 2.47. The Morgan fingerprint density at radius 1 is 1.24 bits per heavy atom. The van der Waals surface area contributed by atoms with Crippen LogP contribution in [0.4, 0.5) is 0 Å². The average molecular weight is 224 g/mol. The summed E-state index contributed by atoms with van der Waals surface area (Å²) < 4.78 is 0. The van der Waals surface area contributed by atoms with Crippen LogP contribution in [-0.4, -0.2) is 0 Å². The highest BCUT2D eigenvalue weighted by Gasteiger charge is 2.32. The predicted octanol–water partition coefficient (Wildman–Crippen LogP) is 4.73. The molecule has 0 bridgehead atoms. The number of hydrogen-bond donors (Lipinski definition) is 0. The molecule has 0 nitrogen and oxygen atoms in total. The van der Waals surface area contributed by atoms with Crippen molar-refractivity contribution in [3.63, 3.8) is 0 Å². The minimum atomic E-state index is 0.630. The summed E-state index contributed by atoms with van der Waals surface area (Å²) in [7, 11) is 0. The van der Waals surface area contributed by atoms with Gasteiger partial charge in [0.25, 0.3) is 0 Å². The molecule has 0 radical (unpaired) electrons. The maximum absolute atomic E-state index is 2.34. The molecule has 0 heteroatoms. The molecule has 0 aromatic heterocycles. The second kappa shape index (κ2) is 3.87. The molecule has 2 atom stereocenters. The largest absolute Gasteiger partial charge is 0.0836 e. The smallest absolute Gasteiger partial charge is 0.0114 e. The zero-order chi connectivity index (χ0) is 12.0. The molecule has 0 heterocycles. The molecule has 0 aromatic rings. The van der Waals surface area contributed by atoms with E-state index in [0.717, 1.165) is 0 Å². The lowest BCUT2D eigenvalue weighted by Crippen LogP contribution is -2.23. The van der Waals surface area contributed by atoms with Gasteiger partial charge in [0.2, 0.25) is 0 Å². The van der Waals surface area contributed by atoms with E-state index in [2.05, 4.69) is 51.2 Å².